The Morgan fingerprint density at radius 3 is 2.54 bits per heavy atom. The van der Waals surface area contributed by atoms with Crippen molar-refractivity contribution < 1.29 is 38.9 Å². The van der Waals surface area contributed by atoms with Crippen LogP contribution in [0, 0.1) is 0 Å². The van der Waals surface area contributed by atoms with Crippen molar-refractivity contribution in [1.82, 2.24) is 10.2 Å². The van der Waals surface area contributed by atoms with E-state index >= 15 is 0 Å². The smallest absolute Gasteiger partial charge is 0.404 e. The molecule has 0 radical (unpaired) electrons. The van der Waals surface area contributed by atoms with Gasteiger partial charge in [0.15, 0.2) is 0 Å². The number of carboxylic acid groups (broad SMARTS) is 2. The second-order valence-electron chi connectivity index (χ2n) is 5.57. The van der Waals surface area contributed by atoms with Gasteiger partial charge in [0.2, 0.25) is 5.91 Å². The summed E-state index contributed by atoms with van der Waals surface area (Å²) in [7, 11) is 0. The number of amides is 3. The summed E-state index contributed by atoms with van der Waals surface area (Å²) in [6.45, 7) is -0.341. The monoisotopic (exact) mass is 387 g/mol. The van der Waals surface area contributed by atoms with E-state index in [1.807, 2.05) is 0 Å². The molecule has 2 unspecified atom stereocenters. The van der Waals surface area contributed by atoms with Crippen LogP contribution in [-0.4, -0.2) is 68.7 Å². The van der Waals surface area contributed by atoms with Gasteiger partial charge in [-0.15, -0.1) is 11.8 Å². The minimum Gasteiger partial charge on any atom is -0.481 e. The molecule has 0 aliphatic carbocycles. The van der Waals surface area contributed by atoms with Gasteiger partial charge in [-0.3, -0.25) is 19.3 Å². The molecule has 26 heavy (non-hydrogen) atoms. The number of carbonyl (C=O) groups is 5. The summed E-state index contributed by atoms with van der Waals surface area (Å²) in [6, 6.07) is -0.884. The fraction of sp³-hybridized carbons (Fsp3) is 0.500. The SMILES string of the molecule is NC(=O)OCC1=C(C(=O)O)N2C(=O)C(NC(=O)CCCC(=O)O)C2SC1. The molecule has 2 aliphatic rings. The standard InChI is InChI=1S/C14H17N3O8S/c15-14(24)25-4-6-5-26-12-9(11(21)17(12)10(6)13(22)23)16-7(18)2-1-3-8(19)20/h9,12H,1-5H2,(H2,15,24)(H,16,18)(H,19,20)(H,22,23). The predicted molar refractivity (Wildman–Crippen MR) is 86.7 cm³/mol. The molecule has 0 saturated carbocycles. The lowest BCUT2D eigenvalue weighted by Gasteiger charge is -2.49. The normalized spacial score (nSPS) is 21.5. The Labute approximate surface area is 151 Å². The van der Waals surface area contributed by atoms with E-state index < -0.39 is 41.3 Å². The van der Waals surface area contributed by atoms with Gasteiger partial charge < -0.3 is 26.0 Å². The van der Waals surface area contributed by atoms with Crippen molar-refractivity contribution in [1.29, 1.82) is 0 Å². The van der Waals surface area contributed by atoms with E-state index in [0.29, 0.717) is 0 Å². The molecule has 12 heteroatoms. The molecule has 5 N–H and O–H groups in total. The number of primary amides is 1. The van der Waals surface area contributed by atoms with Crippen LogP contribution in [0.4, 0.5) is 4.79 Å². The Morgan fingerprint density at radius 2 is 1.96 bits per heavy atom. The van der Waals surface area contributed by atoms with Crippen molar-refractivity contribution in [2.45, 2.75) is 30.7 Å². The van der Waals surface area contributed by atoms with Gasteiger partial charge in [0.05, 0.1) is 0 Å². The number of nitrogens with zero attached hydrogens (tertiary/aromatic N) is 1. The van der Waals surface area contributed by atoms with E-state index in [1.165, 1.54) is 11.8 Å². The minimum absolute atomic E-state index is 0.0488. The molecule has 1 saturated heterocycles. The molecule has 0 aromatic heterocycles. The van der Waals surface area contributed by atoms with Gasteiger partial charge in [-0.1, -0.05) is 0 Å². The van der Waals surface area contributed by atoms with Gasteiger partial charge in [0, 0.05) is 24.2 Å². The first-order valence-electron chi connectivity index (χ1n) is 7.55. The number of thioether (sulfide) groups is 1. The second-order valence-corrected chi connectivity index (χ2v) is 6.67. The van der Waals surface area contributed by atoms with Gasteiger partial charge in [0.1, 0.15) is 23.7 Å². The molecule has 0 spiro atoms. The highest BCUT2D eigenvalue weighted by atomic mass is 32.2. The summed E-state index contributed by atoms with van der Waals surface area (Å²) in [5.41, 5.74) is 4.82. The lowest BCUT2D eigenvalue weighted by molar-refractivity contribution is -0.150. The summed E-state index contributed by atoms with van der Waals surface area (Å²) in [4.78, 5) is 57.8. The third-order valence-corrected chi connectivity index (χ3v) is 5.09. The third kappa shape index (κ3) is 4.25. The number of carboxylic acids is 2. The first-order valence-corrected chi connectivity index (χ1v) is 8.60. The van der Waals surface area contributed by atoms with E-state index in [2.05, 4.69) is 10.1 Å². The van der Waals surface area contributed by atoms with E-state index in [0.717, 1.165) is 4.90 Å². The summed E-state index contributed by atoms with van der Waals surface area (Å²) in [6.07, 6.45) is -1.13. The molecular weight excluding hydrogens is 370 g/mol. The largest absolute Gasteiger partial charge is 0.481 e. The third-order valence-electron chi connectivity index (χ3n) is 3.75. The lowest BCUT2D eigenvalue weighted by atomic mass is 10.0. The first-order chi connectivity index (χ1) is 12.2. The highest BCUT2D eigenvalue weighted by molar-refractivity contribution is 8.00. The molecule has 0 bridgehead atoms. The number of hydrogen-bond acceptors (Lipinski definition) is 7. The fourth-order valence-electron chi connectivity index (χ4n) is 2.60. The van der Waals surface area contributed by atoms with E-state index in [-0.39, 0.29) is 42.9 Å². The zero-order valence-electron chi connectivity index (χ0n) is 13.5. The van der Waals surface area contributed by atoms with Crippen LogP contribution >= 0.6 is 11.8 Å². The van der Waals surface area contributed by atoms with E-state index in [1.54, 1.807) is 0 Å². The number of ether oxygens (including phenoxy) is 1. The first kappa shape index (κ1) is 19.6. The number of aliphatic carboxylic acids is 2. The molecule has 11 nitrogen and oxygen atoms in total. The second kappa shape index (κ2) is 8.08. The number of hydrogen-bond donors (Lipinski definition) is 4. The molecule has 142 valence electrons. The summed E-state index contributed by atoms with van der Waals surface area (Å²) in [5.74, 6) is -3.25. The maximum Gasteiger partial charge on any atom is 0.404 e. The van der Waals surface area contributed by atoms with Crippen molar-refractivity contribution in [2.24, 2.45) is 5.73 Å². The quantitative estimate of drug-likeness (QED) is 0.383. The number of rotatable bonds is 8. The van der Waals surface area contributed by atoms with Gasteiger partial charge >= 0.3 is 18.0 Å². The number of nitrogens with two attached hydrogens (primary N) is 1. The molecule has 2 rings (SSSR count). The van der Waals surface area contributed by atoms with Gasteiger partial charge in [-0.2, -0.15) is 0 Å². The molecule has 2 heterocycles. The maximum absolute atomic E-state index is 12.3. The van der Waals surface area contributed by atoms with Crippen LogP contribution in [0.2, 0.25) is 0 Å². The number of β-lactam (4-membered cyclic amide) rings is 1. The van der Waals surface area contributed by atoms with Crippen molar-refractivity contribution in [3.63, 3.8) is 0 Å². The lowest BCUT2D eigenvalue weighted by Crippen LogP contribution is -2.70. The molecular formula is C14H17N3O8S. The van der Waals surface area contributed by atoms with E-state index in [9.17, 15) is 29.1 Å². The highest BCUT2D eigenvalue weighted by Crippen LogP contribution is 2.40. The summed E-state index contributed by atoms with van der Waals surface area (Å²) in [5, 5.41) is 19.8. The number of fused-ring (bicyclic) bond motifs is 1. The molecule has 3 amide bonds. The summed E-state index contributed by atoms with van der Waals surface area (Å²) >= 11 is 1.22. The Hall–Kier alpha value is -2.76. The number of nitrogens with one attached hydrogen (secondary N) is 1. The van der Waals surface area contributed by atoms with Gasteiger partial charge in [-0.25, -0.2) is 9.59 Å². The van der Waals surface area contributed by atoms with Crippen molar-refractivity contribution in [3.05, 3.63) is 11.3 Å². The van der Waals surface area contributed by atoms with Crippen LogP contribution in [0.3, 0.4) is 0 Å². The average Bonchev–Trinajstić information content (AvgIpc) is 2.56. The van der Waals surface area contributed by atoms with Gasteiger partial charge in [0.25, 0.3) is 5.91 Å². The zero-order chi connectivity index (χ0) is 19.4. The fourth-order valence-corrected chi connectivity index (χ4v) is 3.93. The van der Waals surface area contributed by atoms with Crippen molar-refractivity contribution in [3.8, 4) is 0 Å². The Kier molecular flexibility index (Phi) is 6.08. The highest BCUT2D eigenvalue weighted by Gasteiger charge is 2.54. The Bertz CT molecular complexity index is 692. The maximum atomic E-state index is 12.3. The van der Waals surface area contributed by atoms with Crippen LogP contribution in [0.25, 0.3) is 0 Å². The molecule has 0 aromatic rings. The average molecular weight is 387 g/mol. The topological polar surface area (TPSA) is 176 Å². The Balaban J connectivity index is 2.02. The van der Waals surface area contributed by atoms with Crippen molar-refractivity contribution >= 4 is 41.6 Å². The summed E-state index contributed by atoms with van der Waals surface area (Å²) < 4.78 is 4.61. The van der Waals surface area contributed by atoms with Crippen LogP contribution in [-0.2, 0) is 23.9 Å². The molecule has 2 atom stereocenters. The van der Waals surface area contributed by atoms with Crippen LogP contribution in [0.1, 0.15) is 19.3 Å². The number of carbonyl (C=O) groups excluding carboxylic acids is 3. The zero-order valence-corrected chi connectivity index (χ0v) is 14.3. The van der Waals surface area contributed by atoms with Crippen LogP contribution < -0.4 is 11.1 Å². The molecule has 2 aliphatic heterocycles. The van der Waals surface area contributed by atoms with Crippen LogP contribution in [0.5, 0.6) is 0 Å². The molecule has 0 aromatic carbocycles. The minimum atomic E-state index is -1.35. The van der Waals surface area contributed by atoms with E-state index in [4.69, 9.17) is 10.8 Å². The van der Waals surface area contributed by atoms with Gasteiger partial charge in [-0.05, 0) is 6.42 Å². The molecule has 1 fully saturated rings. The predicted octanol–water partition coefficient (Wildman–Crippen LogP) is -0.925. The Morgan fingerprint density at radius 1 is 1.27 bits per heavy atom. The van der Waals surface area contributed by atoms with Crippen molar-refractivity contribution in [2.75, 3.05) is 12.4 Å². The van der Waals surface area contributed by atoms with Crippen LogP contribution in [0.15, 0.2) is 11.3 Å².